The highest BCUT2D eigenvalue weighted by Gasteiger charge is 2.06. The van der Waals surface area contributed by atoms with Gasteiger partial charge in [0.15, 0.2) is 0 Å². The average Bonchev–Trinajstić information content (AvgIpc) is 2.83. The SMILES string of the molecule is CCc1cccc(C)c1Nc1cn2ccccc2n1. The van der Waals surface area contributed by atoms with E-state index >= 15 is 0 Å². The Morgan fingerprint density at radius 1 is 1.16 bits per heavy atom. The molecular weight excluding hydrogens is 234 g/mol. The van der Waals surface area contributed by atoms with Crippen LogP contribution in [0.4, 0.5) is 11.5 Å². The van der Waals surface area contributed by atoms with E-state index in [1.165, 1.54) is 16.8 Å². The Morgan fingerprint density at radius 3 is 2.84 bits per heavy atom. The van der Waals surface area contributed by atoms with Crippen LogP contribution in [-0.4, -0.2) is 9.38 Å². The van der Waals surface area contributed by atoms with Crippen LogP contribution in [0.25, 0.3) is 5.65 Å². The Bertz CT molecular complexity index is 680. The molecule has 0 saturated carbocycles. The third-order valence-electron chi connectivity index (χ3n) is 3.36. The molecule has 0 fully saturated rings. The number of hydrogen-bond acceptors (Lipinski definition) is 2. The third-order valence-corrected chi connectivity index (χ3v) is 3.36. The van der Waals surface area contributed by atoms with E-state index in [1.54, 1.807) is 0 Å². The van der Waals surface area contributed by atoms with Crippen molar-refractivity contribution >= 4 is 17.2 Å². The Kier molecular flexibility index (Phi) is 2.95. The largest absolute Gasteiger partial charge is 0.338 e. The van der Waals surface area contributed by atoms with Gasteiger partial charge in [-0.2, -0.15) is 0 Å². The van der Waals surface area contributed by atoms with E-state index in [0.717, 1.165) is 17.9 Å². The first-order valence-electron chi connectivity index (χ1n) is 6.57. The number of fused-ring (bicyclic) bond motifs is 1. The van der Waals surface area contributed by atoms with E-state index in [1.807, 2.05) is 35.0 Å². The summed E-state index contributed by atoms with van der Waals surface area (Å²) in [6, 6.07) is 12.4. The molecule has 3 nitrogen and oxygen atoms in total. The van der Waals surface area contributed by atoms with Crippen molar-refractivity contribution in [2.24, 2.45) is 0 Å². The van der Waals surface area contributed by atoms with E-state index in [0.29, 0.717) is 0 Å². The first-order valence-corrected chi connectivity index (χ1v) is 6.57. The molecule has 0 saturated heterocycles. The number of imidazole rings is 1. The van der Waals surface area contributed by atoms with Gasteiger partial charge in [0.1, 0.15) is 11.5 Å². The summed E-state index contributed by atoms with van der Waals surface area (Å²) in [7, 11) is 0. The number of rotatable bonds is 3. The molecular formula is C16H17N3. The van der Waals surface area contributed by atoms with Crippen LogP contribution in [0.1, 0.15) is 18.1 Å². The number of aromatic nitrogens is 2. The minimum atomic E-state index is 0.884. The van der Waals surface area contributed by atoms with Gasteiger partial charge >= 0.3 is 0 Å². The van der Waals surface area contributed by atoms with Gasteiger partial charge in [-0.25, -0.2) is 4.98 Å². The van der Waals surface area contributed by atoms with Crippen LogP contribution >= 0.6 is 0 Å². The molecule has 0 spiro atoms. The molecule has 2 aromatic heterocycles. The standard InChI is InChI=1S/C16H17N3/c1-3-13-8-6-7-12(2)16(13)18-14-11-19-10-5-4-9-15(19)17-14/h4-11,18H,3H2,1-2H3. The maximum Gasteiger partial charge on any atom is 0.149 e. The third kappa shape index (κ3) is 2.19. The lowest BCUT2D eigenvalue weighted by molar-refractivity contribution is 1.13. The molecule has 0 unspecified atom stereocenters. The van der Waals surface area contributed by atoms with E-state index < -0.39 is 0 Å². The summed E-state index contributed by atoms with van der Waals surface area (Å²) in [5.74, 6) is 0.884. The van der Waals surface area contributed by atoms with Gasteiger partial charge in [0.25, 0.3) is 0 Å². The number of nitrogens with one attached hydrogen (secondary N) is 1. The Balaban J connectivity index is 2.01. The zero-order valence-corrected chi connectivity index (χ0v) is 11.2. The molecule has 0 aliphatic carbocycles. The molecule has 19 heavy (non-hydrogen) atoms. The lowest BCUT2D eigenvalue weighted by Gasteiger charge is -2.11. The molecule has 3 aromatic rings. The number of benzene rings is 1. The van der Waals surface area contributed by atoms with Crippen LogP contribution in [0.2, 0.25) is 0 Å². The van der Waals surface area contributed by atoms with Crippen molar-refractivity contribution in [2.45, 2.75) is 20.3 Å². The topological polar surface area (TPSA) is 29.3 Å². The normalized spacial score (nSPS) is 10.8. The molecule has 0 aliphatic rings. The fourth-order valence-electron chi connectivity index (χ4n) is 2.32. The maximum atomic E-state index is 4.58. The van der Waals surface area contributed by atoms with Crippen molar-refractivity contribution in [3.05, 3.63) is 59.9 Å². The smallest absolute Gasteiger partial charge is 0.149 e. The van der Waals surface area contributed by atoms with Crippen LogP contribution < -0.4 is 5.32 Å². The van der Waals surface area contributed by atoms with Crippen molar-refractivity contribution < 1.29 is 0 Å². The van der Waals surface area contributed by atoms with Gasteiger partial charge in [-0.15, -0.1) is 0 Å². The monoisotopic (exact) mass is 251 g/mol. The number of para-hydroxylation sites is 1. The van der Waals surface area contributed by atoms with Crippen LogP contribution in [0.5, 0.6) is 0 Å². The van der Waals surface area contributed by atoms with E-state index in [9.17, 15) is 0 Å². The zero-order chi connectivity index (χ0) is 13.2. The molecule has 0 radical (unpaired) electrons. The van der Waals surface area contributed by atoms with Gasteiger partial charge in [-0.3, -0.25) is 0 Å². The van der Waals surface area contributed by atoms with E-state index in [-0.39, 0.29) is 0 Å². The van der Waals surface area contributed by atoms with Gasteiger partial charge < -0.3 is 9.72 Å². The second-order valence-corrected chi connectivity index (χ2v) is 4.68. The molecule has 1 aromatic carbocycles. The molecule has 3 heteroatoms. The summed E-state index contributed by atoms with van der Waals surface area (Å²) in [5.41, 5.74) is 4.69. The highest BCUT2D eigenvalue weighted by atomic mass is 15.1. The first-order chi connectivity index (χ1) is 9.28. The first kappa shape index (κ1) is 11.8. The minimum absolute atomic E-state index is 0.884. The average molecular weight is 251 g/mol. The second-order valence-electron chi connectivity index (χ2n) is 4.68. The number of aryl methyl sites for hydroxylation is 2. The van der Waals surface area contributed by atoms with Gasteiger partial charge in [0.2, 0.25) is 0 Å². The van der Waals surface area contributed by atoms with Gasteiger partial charge in [0.05, 0.1) is 6.20 Å². The summed E-state index contributed by atoms with van der Waals surface area (Å²) in [6.45, 7) is 4.29. The molecule has 0 bridgehead atoms. The minimum Gasteiger partial charge on any atom is -0.338 e. The number of pyridine rings is 1. The number of anilines is 2. The van der Waals surface area contributed by atoms with Crippen LogP contribution in [0.3, 0.4) is 0 Å². The Labute approximate surface area is 112 Å². The predicted molar refractivity (Wildman–Crippen MR) is 79.0 cm³/mol. The van der Waals surface area contributed by atoms with Crippen molar-refractivity contribution in [3.63, 3.8) is 0 Å². The summed E-state index contributed by atoms with van der Waals surface area (Å²) in [4.78, 5) is 4.58. The molecule has 3 rings (SSSR count). The van der Waals surface area contributed by atoms with Gasteiger partial charge in [0, 0.05) is 11.9 Å². The zero-order valence-electron chi connectivity index (χ0n) is 11.2. The highest BCUT2D eigenvalue weighted by molar-refractivity contribution is 5.66. The van der Waals surface area contributed by atoms with Crippen molar-refractivity contribution in [1.29, 1.82) is 0 Å². The summed E-state index contributed by atoms with van der Waals surface area (Å²) >= 11 is 0. The van der Waals surface area contributed by atoms with Gasteiger partial charge in [-0.1, -0.05) is 31.2 Å². The lowest BCUT2D eigenvalue weighted by atomic mass is 10.1. The van der Waals surface area contributed by atoms with Crippen LogP contribution in [-0.2, 0) is 6.42 Å². The summed E-state index contributed by atoms with van der Waals surface area (Å²) < 4.78 is 2.02. The van der Waals surface area contributed by atoms with Gasteiger partial charge in [-0.05, 0) is 36.6 Å². The van der Waals surface area contributed by atoms with E-state index in [4.69, 9.17) is 0 Å². The molecule has 2 heterocycles. The molecule has 0 amide bonds. The highest BCUT2D eigenvalue weighted by Crippen LogP contribution is 2.25. The van der Waals surface area contributed by atoms with Crippen LogP contribution in [0, 0.1) is 6.92 Å². The lowest BCUT2D eigenvalue weighted by Crippen LogP contribution is -1.98. The molecule has 96 valence electrons. The van der Waals surface area contributed by atoms with Crippen molar-refractivity contribution in [3.8, 4) is 0 Å². The predicted octanol–water partition coefficient (Wildman–Crippen LogP) is 3.95. The molecule has 0 atom stereocenters. The fraction of sp³-hybridized carbons (Fsp3) is 0.188. The summed E-state index contributed by atoms with van der Waals surface area (Å²) in [6.07, 6.45) is 5.03. The summed E-state index contributed by atoms with van der Waals surface area (Å²) in [5, 5.41) is 3.45. The maximum absolute atomic E-state index is 4.58. The van der Waals surface area contributed by atoms with Crippen LogP contribution in [0.15, 0.2) is 48.8 Å². The van der Waals surface area contributed by atoms with Crippen molar-refractivity contribution in [2.75, 3.05) is 5.32 Å². The molecule has 1 N–H and O–H groups in total. The Hall–Kier alpha value is -2.29. The number of nitrogens with zero attached hydrogens (tertiary/aromatic N) is 2. The second kappa shape index (κ2) is 4.76. The fourth-order valence-corrected chi connectivity index (χ4v) is 2.32. The van der Waals surface area contributed by atoms with Crippen molar-refractivity contribution in [1.82, 2.24) is 9.38 Å². The number of hydrogen-bond donors (Lipinski definition) is 1. The Morgan fingerprint density at radius 2 is 2.05 bits per heavy atom. The van der Waals surface area contributed by atoms with E-state index in [2.05, 4.69) is 42.3 Å². The quantitative estimate of drug-likeness (QED) is 0.763. The molecule has 0 aliphatic heterocycles.